The largest absolute Gasteiger partial charge is 0.492 e. The van der Waals surface area contributed by atoms with E-state index in [-0.39, 0.29) is 5.91 Å². The number of nitrogens with one attached hydrogen (secondary N) is 2. The van der Waals surface area contributed by atoms with Crippen LogP contribution in [0.2, 0.25) is 0 Å². The molecule has 4 rings (SSSR count). The lowest BCUT2D eigenvalue weighted by molar-refractivity contribution is -0.111. The van der Waals surface area contributed by atoms with Crippen molar-refractivity contribution in [3.8, 4) is 11.8 Å². The van der Waals surface area contributed by atoms with Crippen molar-refractivity contribution in [2.24, 2.45) is 7.05 Å². The van der Waals surface area contributed by atoms with E-state index in [1.54, 1.807) is 12.3 Å². The first-order chi connectivity index (χ1) is 17.8. The first-order valence-corrected chi connectivity index (χ1v) is 12.2. The number of carbonyl (C=O) groups is 1. The second-order valence-corrected chi connectivity index (χ2v) is 8.89. The Kier molecular flexibility index (Phi) is 7.70. The number of benzene rings is 2. The number of nitrogens with zero attached hydrogens (tertiary/aromatic N) is 5. The molecule has 0 aliphatic carbocycles. The highest BCUT2D eigenvalue weighted by Gasteiger charge is 2.18. The number of aryl methyl sites for hydroxylation is 2. The summed E-state index contributed by atoms with van der Waals surface area (Å²) < 4.78 is 7.66. The van der Waals surface area contributed by atoms with E-state index >= 15 is 0 Å². The predicted molar refractivity (Wildman–Crippen MR) is 147 cm³/mol. The van der Waals surface area contributed by atoms with Gasteiger partial charge in [-0.15, -0.1) is 0 Å². The van der Waals surface area contributed by atoms with E-state index in [4.69, 9.17) is 9.72 Å². The normalized spacial score (nSPS) is 11.4. The maximum Gasteiger partial charge on any atom is 0.248 e. The SMILES string of the molecule is CCOc1cc2nc(CC)c(C#N)c(Nc3ccc4c(cnn4C)c3)c2cc1NC(=O)/C=C/CN(C)C. The standard InChI is InChI=1S/C28H31N7O2/c1-6-22-21(16-29)28(31-19-10-11-25-18(13-19)17-30-35(25)5)20-14-24(26(37-7-2)15-23(20)32-22)33-27(36)9-8-12-34(3)4/h8-11,13-15,17H,6-7,12H2,1-5H3,(H,31,32)(H,33,36)/b9-8+. The zero-order valence-electron chi connectivity index (χ0n) is 21.8. The molecule has 0 radical (unpaired) electrons. The van der Waals surface area contributed by atoms with E-state index in [0.29, 0.717) is 58.9 Å². The minimum absolute atomic E-state index is 0.266. The van der Waals surface area contributed by atoms with Crippen molar-refractivity contribution in [1.29, 1.82) is 5.26 Å². The monoisotopic (exact) mass is 497 g/mol. The molecule has 4 aromatic rings. The number of rotatable bonds is 9. The fourth-order valence-corrected chi connectivity index (χ4v) is 4.15. The number of amides is 1. The van der Waals surface area contributed by atoms with Crippen LogP contribution in [0, 0.1) is 11.3 Å². The Bertz CT molecular complexity index is 1530. The lowest BCUT2D eigenvalue weighted by atomic mass is 10.0. The van der Waals surface area contributed by atoms with Crippen LogP contribution in [0.25, 0.3) is 21.8 Å². The van der Waals surface area contributed by atoms with Gasteiger partial charge < -0.3 is 20.3 Å². The van der Waals surface area contributed by atoms with Crippen molar-refractivity contribution in [2.45, 2.75) is 20.3 Å². The molecule has 0 saturated carbocycles. The van der Waals surface area contributed by atoms with Crippen molar-refractivity contribution < 1.29 is 9.53 Å². The Morgan fingerprint density at radius 3 is 2.76 bits per heavy atom. The zero-order valence-corrected chi connectivity index (χ0v) is 21.8. The van der Waals surface area contributed by atoms with E-state index in [1.165, 1.54) is 6.08 Å². The molecule has 2 aromatic carbocycles. The van der Waals surface area contributed by atoms with Gasteiger partial charge in [-0.25, -0.2) is 0 Å². The number of aromatic nitrogens is 3. The molecule has 190 valence electrons. The molecule has 0 saturated heterocycles. The van der Waals surface area contributed by atoms with Crippen LogP contribution in [0.3, 0.4) is 0 Å². The summed E-state index contributed by atoms with van der Waals surface area (Å²) >= 11 is 0. The maximum atomic E-state index is 12.6. The molecule has 0 atom stereocenters. The summed E-state index contributed by atoms with van der Waals surface area (Å²) in [5.74, 6) is 0.253. The Balaban J connectivity index is 1.84. The molecule has 2 N–H and O–H groups in total. The number of anilines is 3. The highest BCUT2D eigenvalue weighted by molar-refractivity contribution is 6.05. The Morgan fingerprint density at radius 1 is 1.24 bits per heavy atom. The van der Waals surface area contributed by atoms with Gasteiger partial charge in [0.05, 0.1) is 46.5 Å². The Labute approximate surface area is 216 Å². The van der Waals surface area contributed by atoms with Gasteiger partial charge in [0, 0.05) is 42.2 Å². The summed E-state index contributed by atoms with van der Waals surface area (Å²) in [6, 6.07) is 11.9. The van der Waals surface area contributed by atoms with Crippen LogP contribution in [-0.4, -0.2) is 52.8 Å². The quantitative estimate of drug-likeness (QED) is 0.321. The summed E-state index contributed by atoms with van der Waals surface area (Å²) in [5, 5.41) is 22.5. The minimum Gasteiger partial charge on any atom is -0.492 e. The molecule has 0 aliphatic heterocycles. The molecule has 2 aromatic heterocycles. The second-order valence-electron chi connectivity index (χ2n) is 8.89. The number of likely N-dealkylation sites (N-methyl/N-ethyl adjacent to an activating group) is 1. The molecule has 0 aliphatic rings. The van der Waals surface area contributed by atoms with Gasteiger partial charge in [0.25, 0.3) is 0 Å². The molecule has 0 fully saturated rings. The lowest BCUT2D eigenvalue weighted by Gasteiger charge is -2.18. The molecule has 0 spiro atoms. The summed E-state index contributed by atoms with van der Waals surface area (Å²) in [6.07, 6.45) is 5.69. The third-order valence-electron chi connectivity index (χ3n) is 5.92. The van der Waals surface area contributed by atoms with Crippen LogP contribution >= 0.6 is 0 Å². The number of hydrogen-bond acceptors (Lipinski definition) is 7. The second kappa shape index (κ2) is 11.1. The molecule has 1 amide bonds. The van der Waals surface area contributed by atoms with Crippen LogP contribution in [0.4, 0.5) is 17.1 Å². The van der Waals surface area contributed by atoms with Crippen LogP contribution in [0.15, 0.2) is 48.7 Å². The Hall–Kier alpha value is -4.42. The number of fused-ring (bicyclic) bond motifs is 2. The molecular weight excluding hydrogens is 466 g/mol. The minimum atomic E-state index is -0.266. The van der Waals surface area contributed by atoms with Gasteiger partial charge in [0.2, 0.25) is 5.91 Å². The molecule has 9 nitrogen and oxygen atoms in total. The number of carbonyl (C=O) groups excluding carboxylic acids is 1. The smallest absolute Gasteiger partial charge is 0.248 e. The van der Waals surface area contributed by atoms with Gasteiger partial charge in [-0.3, -0.25) is 14.5 Å². The highest BCUT2D eigenvalue weighted by atomic mass is 16.5. The maximum absolute atomic E-state index is 12.6. The summed E-state index contributed by atoms with van der Waals surface area (Å²) in [5.41, 5.74) is 4.79. The van der Waals surface area contributed by atoms with E-state index in [2.05, 4.69) is 21.8 Å². The van der Waals surface area contributed by atoms with Gasteiger partial charge in [-0.1, -0.05) is 13.0 Å². The van der Waals surface area contributed by atoms with Gasteiger partial charge in [-0.2, -0.15) is 10.4 Å². The molecule has 0 bridgehead atoms. The van der Waals surface area contributed by atoms with Gasteiger partial charge >= 0.3 is 0 Å². The summed E-state index contributed by atoms with van der Waals surface area (Å²) in [6.45, 7) is 4.93. The Morgan fingerprint density at radius 2 is 2.05 bits per heavy atom. The predicted octanol–water partition coefficient (Wildman–Crippen LogP) is 4.75. The summed E-state index contributed by atoms with van der Waals surface area (Å²) in [7, 11) is 5.77. The molecule has 2 heterocycles. The van der Waals surface area contributed by atoms with Crippen LogP contribution < -0.4 is 15.4 Å². The average molecular weight is 498 g/mol. The molecular formula is C28H31N7O2. The number of hydrogen-bond donors (Lipinski definition) is 2. The third kappa shape index (κ3) is 5.55. The molecule has 37 heavy (non-hydrogen) atoms. The van der Waals surface area contributed by atoms with Crippen LogP contribution in [0.5, 0.6) is 5.75 Å². The first-order valence-electron chi connectivity index (χ1n) is 12.2. The van der Waals surface area contributed by atoms with E-state index < -0.39 is 0 Å². The van der Waals surface area contributed by atoms with E-state index in [0.717, 1.165) is 16.6 Å². The van der Waals surface area contributed by atoms with Gasteiger partial charge in [0.15, 0.2) is 0 Å². The van der Waals surface area contributed by atoms with Crippen molar-refractivity contribution in [3.63, 3.8) is 0 Å². The average Bonchev–Trinajstić information content (AvgIpc) is 3.24. The fourth-order valence-electron chi connectivity index (χ4n) is 4.15. The summed E-state index contributed by atoms with van der Waals surface area (Å²) in [4.78, 5) is 19.4. The van der Waals surface area contributed by atoms with E-state index in [1.807, 2.05) is 74.9 Å². The molecule has 0 unspecified atom stereocenters. The fraction of sp³-hybridized carbons (Fsp3) is 0.286. The zero-order chi connectivity index (χ0) is 26.5. The van der Waals surface area contributed by atoms with Crippen molar-refractivity contribution in [3.05, 3.63) is 59.9 Å². The number of nitriles is 1. The van der Waals surface area contributed by atoms with Crippen LogP contribution in [0.1, 0.15) is 25.1 Å². The first kappa shape index (κ1) is 25.7. The van der Waals surface area contributed by atoms with Gasteiger partial charge in [-0.05, 0) is 51.7 Å². The van der Waals surface area contributed by atoms with Gasteiger partial charge in [0.1, 0.15) is 11.8 Å². The highest BCUT2D eigenvalue weighted by Crippen LogP contribution is 2.38. The number of pyridine rings is 1. The van der Waals surface area contributed by atoms with Crippen molar-refractivity contribution in [1.82, 2.24) is 19.7 Å². The van der Waals surface area contributed by atoms with Crippen molar-refractivity contribution >= 4 is 44.8 Å². The number of ether oxygens (including phenoxy) is 1. The van der Waals surface area contributed by atoms with Crippen molar-refractivity contribution in [2.75, 3.05) is 37.9 Å². The third-order valence-corrected chi connectivity index (χ3v) is 5.92. The van der Waals surface area contributed by atoms with Crippen LogP contribution in [-0.2, 0) is 18.3 Å². The topological polar surface area (TPSA) is 108 Å². The molecule has 9 heteroatoms. The van der Waals surface area contributed by atoms with E-state index in [9.17, 15) is 10.1 Å². The lowest BCUT2D eigenvalue weighted by Crippen LogP contribution is -2.13.